The van der Waals surface area contributed by atoms with Crippen molar-refractivity contribution < 1.29 is 24.6 Å². The molecule has 7 nitrogen and oxygen atoms in total. The number of aliphatic carboxylic acids is 1. The molecule has 0 saturated carbocycles. The second-order valence-corrected chi connectivity index (χ2v) is 11.3. The molecular formula is C25H31ClN2O5S. The third-order valence-electron chi connectivity index (χ3n) is 7.34. The molecule has 184 valence electrons. The van der Waals surface area contributed by atoms with Crippen LogP contribution in [0.3, 0.4) is 0 Å². The number of likely N-dealkylation sites (tertiary alicyclic amines) is 1. The first-order valence-electron chi connectivity index (χ1n) is 11.9. The van der Waals surface area contributed by atoms with Crippen molar-refractivity contribution in [3.05, 3.63) is 41.9 Å². The number of hydrogen-bond acceptors (Lipinski definition) is 5. The lowest BCUT2D eigenvalue weighted by atomic mass is 9.71. The van der Waals surface area contributed by atoms with Crippen LogP contribution in [0.1, 0.15) is 38.5 Å². The van der Waals surface area contributed by atoms with Crippen LogP contribution in [0, 0.1) is 11.8 Å². The average Bonchev–Trinajstić information content (AvgIpc) is 3.45. The molecule has 2 unspecified atom stereocenters. The molecule has 34 heavy (non-hydrogen) atoms. The molecule has 3 aliphatic rings. The monoisotopic (exact) mass is 506 g/mol. The number of benzene rings is 1. The number of carbonyl (C=O) groups excluding carboxylic acids is 2. The predicted octanol–water partition coefficient (Wildman–Crippen LogP) is 3.59. The molecule has 3 aliphatic heterocycles. The molecule has 3 heterocycles. The van der Waals surface area contributed by atoms with Gasteiger partial charge in [-0.3, -0.25) is 14.4 Å². The Bertz CT molecular complexity index is 957. The van der Waals surface area contributed by atoms with Gasteiger partial charge in [0, 0.05) is 35.7 Å². The highest BCUT2D eigenvalue weighted by Gasteiger charge is 2.73. The number of rotatable bonds is 11. The predicted molar refractivity (Wildman–Crippen MR) is 133 cm³/mol. The van der Waals surface area contributed by atoms with Gasteiger partial charge in [-0.05, 0) is 49.9 Å². The summed E-state index contributed by atoms with van der Waals surface area (Å²) in [5, 5.41) is 19.4. The lowest BCUT2D eigenvalue weighted by Crippen LogP contribution is -2.55. The van der Waals surface area contributed by atoms with Crippen LogP contribution in [0.5, 0.6) is 0 Å². The highest BCUT2D eigenvalue weighted by Crippen LogP contribution is 2.66. The summed E-state index contributed by atoms with van der Waals surface area (Å²) < 4.78 is -0.723. The third-order valence-corrected chi connectivity index (χ3v) is 9.55. The van der Waals surface area contributed by atoms with Crippen LogP contribution < -0.4 is 4.90 Å². The Kier molecular flexibility index (Phi) is 7.60. The van der Waals surface area contributed by atoms with Crippen LogP contribution in [0.25, 0.3) is 0 Å². The summed E-state index contributed by atoms with van der Waals surface area (Å²) in [6, 6.07) is 6.26. The minimum absolute atomic E-state index is 0.130. The molecule has 2 N–H and O–H groups in total. The smallest absolute Gasteiger partial charge is 0.308 e. The number of nitrogens with zero attached hydrogens (tertiary/aromatic N) is 2. The number of unbranched alkanes of at least 4 members (excludes halogenated alkanes) is 3. The van der Waals surface area contributed by atoms with Crippen molar-refractivity contribution in [2.75, 3.05) is 24.6 Å². The second-order valence-electron chi connectivity index (χ2n) is 9.28. The maximum Gasteiger partial charge on any atom is 0.308 e. The van der Waals surface area contributed by atoms with E-state index in [1.165, 1.54) is 11.8 Å². The van der Waals surface area contributed by atoms with E-state index in [4.69, 9.17) is 16.7 Å². The van der Waals surface area contributed by atoms with E-state index in [2.05, 4.69) is 6.58 Å². The van der Waals surface area contributed by atoms with E-state index in [9.17, 15) is 19.5 Å². The van der Waals surface area contributed by atoms with Crippen LogP contribution >= 0.6 is 23.4 Å². The molecule has 0 radical (unpaired) electrons. The largest absolute Gasteiger partial charge is 0.481 e. The molecule has 3 saturated heterocycles. The van der Waals surface area contributed by atoms with Crippen LogP contribution in [-0.2, 0) is 14.4 Å². The van der Waals surface area contributed by atoms with E-state index >= 15 is 0 Å². The number of amides is 2. The fourth-order valence-electron chi connectivity index (χ4n) is 5.92. The van der Waals surface area contributed by atoms with Gasteiger partial charge in [0.15, 0.2) is 0 Å². The molecule has 2 bridgehead atoms. The van der Waals surface area contributed by atoms with Crippen LogP contribution in [0.2, 0.25) is 5.02 Å². The summed E-state index contributed by atoms with van der Waals surface area (Å²) in [7, 11) is 0. The number of hydrogen-bond donors (Lipinski definition) is 2. The van der Waals surface area contributed by atoms with Crippen molar-refractivity contribution in [1.82, 2.24) is 4.90 Å². The Morgan fingerprint density at radius 2 is 1.94 bits per heavy atom. The summed E-state index contributed by atoms with van der Waals surface area (Å²) >= 11 is 7.59. The van der Waals surface area contributed by atoms with Gasteiger partial charge in [-0.2, -0.15) is 0 Å². The molecule has 0 aliphatic carbocycles. The number of halogens is 1. The van der Waals surface area contributed by atoms with Crippen LogP contribution in [-0.4, -0.2) is 68.6 Å². The summed E-state index contributed by atoms with van der Waals surface area (Å²) in [6.45, 7) is 4.61. The first-order valence-corrected chi connectivity index (χ1v) is 13.1. The van der Waals surface area contributed by atoms with Gasteiger partial charge in [-0.25, -0.2) is 0 Å². The quantitative estimate of drug-likeness (QED) is 0.351. The Morgan fingerprint density at radius 3 is 2.59 bits per heavy atom. The number of anilines is 1. The van der Waals surface area contributed by atoms with Crippen molar-refractivity contribution in [1.29, 1.82) is 0 Å². The fourth-order valence-corrected chi connectivity index (χ4v) is 8.25. The van der Waals surface area contributed by atoms with Crippen molar-refractivity contribution in [3.8, 4) is 0 Å². The molecule has 2 amide bonds. The lowest BCUT2D eigenvalue weighted by molar-refractivity contribution is -0.148. The number of aliphatic hydroxyl groups is 1. The Labute approximate surface area is 209 Å². The summed E-state index contributed by atoms with van der Waals surface area (Å²) in [4.78, 5) is 43.3. The minimum atomic E-state index is -0.950. The van der Waals surface area contributed by atoms with Gasteiger partial charge < -0.3 is 20.0 Å². The summed E-state index contributed by atoms with van der Waals surface area (Å²) in [5.41, 5.74) is 0.664. The molecule has 1 aromatic carbocycles. The number of thioether (sulfide) groups is 1. The topological polar surface area (TPSA) is 98.2 Å². The van der Waals surface area contributed by atoms with E-state index in [0.29, 0.717) is 42.9 Å². The summed E-state index contributed by atoms with van der Waals surface area (Å²) in [6.07, 6.45) is 6.07. The van der Waals surface area contributed by atoms with Gasteiger partial charge in [0.05, 0.1) is 16.6 Å². The molecule has 1 aromatic rings. The SMILES string of the molecule is C=CCN(C(=O)C1N(CCCCCCO)C(=O)[C@@H]2[C@H](C(=O)O)[C@@H]3CCC12S3)c1ccc(Cl)cc1. The minimum Gasteiger partial charge on any atom is -0.481 e. The maximum atomic E-state index is 14.2. The zero-order chi connectivity index (χ0) is 24.5. The molecular weight excluding hydrogens is 476 g/mol. The highest BCUT2D eigenvalue weighted by atomic mass is 35.5. The van der Waals surface area contributed by atoms with E-state index in [-0.39, 0.29) is 30.2 Å². The van der Waals surface area contributed by atoms with Gasteiger partial charge in [-0.15, -0.1) is 18.3 Å². The molecule has 5 atom stereocenters. The molecule has 3 fully saturated rings. The summed E-state index contributed by atoms with van der Waals surface area (Å²) in [5.74, 6) is -2.81. The van der Waals surface area contributed by atoms with Crippen LogP contribution in [0.4, 0.5) is 5.69 Å². The van der Waals surface area contributed by atoms with Gasteiger partial charge in [0.1, 0.15) is 6.04 Å². The van der Waals surface area contributed by atoms with Crippen molar-refractivity contribution >= 4 is 46.8 Å². The maximum absolute atomic E-state index is 14.2. The number of aliphatic hydroxyl groups excluding tert-OH is 1. The normalized spacial score (nSPS) is 29.4. The molecule has 1 spiro atoms. The Morgan fingerprint density at radius 1 is 1.24 bits per heavy atom. The number of carbonyl (C=O) groups is 3. The van der Waals surface area contributed by atoms with E-state index < -0.39 is 28.6 Å². The van der Waals surface area contributed by atoms with Gasteiger partial charge >= 0.3 is 5.97 Å². The zero-order valence-corrected chi connectivity index (χ0v) is 20.6. The van der Waals surface area contributed by atoms with E-state index in [0.717, 1.165) is 12.8 Å². The molecule has 0 aromatic heterocycles. The van der Waals surface area contributed by atoms with Gasteiger partial charge in [0.25, 0.3) is 5.91 Å². The Hall–Kier alpha value is -2.03. The van der Waals surface area contributed by atoms with Crippen LogP contribution in [0.15, 0.2) is 36.9 Å². The van der Waals surface area contributed by atoms with E-state index in [1.54, 1.807) is 40.1 Å². The first-order chi connectivity index (χ1) is 16.4. The van der Waals surface area contributed by atoms with E-state index in [1.807, 2.05) is 0 Å². The van der Waals surface area contributed by atoms with Gasteiger partial charge in [-0.1, -0.05) is 30.5 Å². The molecule has 9 heteroatoms. The molecule has 4 rings (SSSR count). The van der Waals surface area contributed by atoms with Gasteiger partial charge in [0.2, 0.25) is 5.91 Å². The standard InChI is InChI=1S/C25H31ClN2O5S/c1-2-13-27(17-9-7-16(26)8-10-17)23(31)21-25-12-11-18(34-25)19(24(32)33)20(25)22(30)28(21)14-5-3-4-6-15-29/h2,7-10,18-21,29H,1,3-6,11-15H2,(H,32,33)/t18-,19+,20-,21?,25?/m0/s1. The second kappa shape index (κ2) is 10.3. The van der Waals surface area contributed by atoms with Crippen molar-refractivity contribution in [2.45, 2.75) is 54.6 Å². The number of fused-ring (bicyclic) bond motifs is 1. The first kappa shape index (κ1) is 25.1. The van der Waals surface area contributed by atoms with Crippen molar-refractivity contribution in [3.63, 3.8) is 0 Å². The lowest BCUT2D eigenvalue weighted by Gasteiger charge is -2.37. The average molecular weight is 507 g/mol. The third kappa shape index (κ3) is 4.25. The van der Waals surface area contributed by atoms with Crippen molar-refractivity contribution in [2.24, 2.45) is 11.8 Å². The number of carboxylic acid groups (broad SMARTS) is 1. The fraction of sp³-hybridized carbons (Fsp3) is 0.560. The number of carboxylic acids is 1. The Balaban J connectivity index is 1.68. The zero-order valence-electron chi connectivity index (χ0n) is 19.1. The highest BCUT2D eigenvalue weighted by molar-refractivity contribution is 8.02.